The van der Waals surface area contributed by atoms with Crippen molar-refractivity contribution in [2.24, 2.45) is 5.73 Å². The molecule has 0 aliphatic rings. The Balaban J connectivity index is 1.95. The van der Waals surface area contributed by atoms with Crippen molar-refractivity contribution in [3.63, 3.8) is 0 Å². The lowest BCUT2D eigenvalue weighted by Gasteiger charge is -2.10. The van der Waals surface area contributed by atoms with Crippen LogP contribution >= 0.6 is 0 Å². The van der Waals surface area contributed by atoms with E-state index in [1.807, 2.05) is 0 Å². The van der Waals surface area contributed by atoms with Gasteiger partial charge in [-0.15, -0.1) is 0 Å². The molecule has 0 amide bonds. The van der Waals surface area contributed by atoms with E-state index in [4.69, 9.17) is 10.7 Å². The lowest BCUT2D eigenvalue weighted by molar-refractivity contribution is 0.690. The number of nitrogens with two attached hydrogens (primary N) is 1. The number of unbranched alkanes of at least 4 members (excludes halogenated alkanes) is 1. The Morgan fingerprint density at radius 2 is 1.73 bits per heavy atom. The summed E-state index contributed by atoms with van der Waals surface area (Å²) in [7, 11) is 0. The summed E-state index contributed by atoms with van der Waals surface area (Å²) in [5.74, 6) is 1.19. The molecule has 0 fully saturated rings. The average molecular weight is 293 g/mol. The lowest BCUT2D eigenvalue weighted by Crippen LogP contribution is -2.06. The topological polar surface area (TPSA) is 43.8 Å². The highest BCUT2D eigenvalue weighted by atomic mass is 15.1. The van der Waals surface area contributed by atoms with Gasteiger partial charge in [-0.3, -0.25) is 0 Å². The fraction of sp³-hybridized carbons (Fsp3) is 0.316. The van der Waals surface area contributed by atoms with Gasteiger partial charge in [-0.05, 0) is 29.7 Å². The highest BCUT2D eigenvalue weighted by Crippen LogP contribution is 2.19. The Labute approximate surface area is 131 Å². The predicted molar refractivity (Wildman–Crippen MR) is 91.8 cm³/mol. The number of nitrogens with zero attached hydrogens (tertiary/aromatic N) is 2. The van der Waals surface area contributed by atoms with E-state index < -0.39 is 0 Å². The van der Waals surface area contributed by atoms with Crippen molar-refractivity contribution in [1.82, 2.24) is 9.55 Å². The first-order valence-electron chi connectivity index (χ1n) is 8.04. The van der Waals surface area contributed by atoms with Gasteiger partial charge in [-0.1, -0.05) is 49.7 Å². The normalized spacial score (nSPS) is 11.2. The summed E-state index contributed by atoms with van der Waals surface area (Å²) in [6, 6.07) is 17.0. The standard InChI is InChI=1S/C19H23N3/c1-2-3-8-19-21-17-6-4-5-7-18(17)22(19)14-16-11-9-15(13-20)10-12-16/h4-7,9-12H,2-3,8,13-14,20H2,1H3. The van der Waals surface area contributed by atoms with Gasteiger partial charge in [0.15, 0.2) is 0 Å². The molecule has 0 saturated carbocycles. The molecule has 0 unspecified atom stereocenters. The first-order valence-corrected chi connectivity index (χ1v) is 8.04. The highest BCUT2D eigenvalue weighted by molar-refractivity contribution is 5.76. The molecule has 1 aromatic heterocycles. The van der Waals surface area contributed by atoms with Crippen LogP contribution in [0.4, 0.5) is 0 Å². The van der Waals surface area contributed by atoms with E-state index in [0.717, 1.165) is 18.5 Å². The Hall–Kier alpha value is -2.13. The number of aromatic nitrogens is 2. The van der Waals surface area contributed by atoms with Crippen molar-refractivity contribution in [2.45, 2.75) is 39.3 Å². The molecule has 2 aromatic carbocycles. The van der Waals surface area contributed by atoms with Crippen molar-refractivity contribution < 1.29 is 0 Å². The molecule has 0 radical (unpaired) electrons. The minimum absolute atomic E-state index is 0.593. The second-order valence-electron chi connectivity index (χ2n) is 5.73. The van der Waals surface area contributed by atoms with Gasteiger partial charge < -0.3 is 10.3 Å². The van der Waals surface area contributed by atoms with E-state index in [-0.39, 0.29) is 0 Å². The number of para-hydroxylation sites is 2. The number of fused-ring (bicyclic) bond motifs is 1. The average Bonchev–Trinajstić information content (AvgIpc) is 2.91. The smallest absolute Gasteiger partial charge is 0.110 e. The first-order chi connectivity index (χ1) is 10.8. The number of hydrogen-bond acceptors (Lipinski definition) is 2. The quantitative estimate of drug-likeness (QED) is 0.749. The van der Waals surface area contributed by atoms with Crippen LogP contribution in [0.1, 0.15) is 36.7 Å². The predicted octanol–water partition coefficient (Wildman–Crippen LogP) is 3.89. The van der Waals surface area contributed by atoms with Crippen LogP contribution in [0, 0.1) is 0 Å². The third-order valence-corrected chi connectivity index (χ3v) is 4.09. The largest absolute Gasteiger partial charge is 0.326 e. The molecule has 3 nitrogen and oxygen atoms in total. The zero-order valence-corrected chi connectivity index (χ0v) is 13.1. The van der Waals surface area contributed by atoms with Gasteiger partial charge in [-0.2, -0.15) is 0 Å². The fourth-order valence-electron chi connectivity index (χ4n) is 2.79. The molecular weight excluding hydrogens is 270 g/mol. The summed E-state index contributed by atoms with van der Waals surface area (Å²) in [6.07, 6.45) is 3.40. The van der Waals surface area contributed by atoms with Gasteiger partial charge in [-0.25, -0.2) is 4.98 Å². The Morgan fingerprint density at radius 1 is 1.00 bits per heavy atom. The van der Waals surface area contributed by atoms with Crippen LogP contribution in [0.5, 0.6) is 0 Å². The summed E-state index contributed by atoms with van der Waals surface area (Å²) in [4.78, 5) is 4.82. The van der Waals surface area contributed by atoms with Gasteiger partial charge in [0.25, 0.3) is 0 Å². The van der Waals surface area contributed by atoms with E-state index >= 15 is 0 Å². The molecule has 2 N–H and O–H groups in total. The van der Waals surface area contributed by atoms with Crippen LogP contribution in [0.3, 0.4) is 0 Å². The summed E-state index contributed by atoms with van der Waals surface area (Å²) in [5.41, 5.74) is 10.4. The van der Waals surface area contributed by atoms with Crippen molar-refractivity contribution >= 4 is 11.0 Å². The molecule has 3 aromatic rings. The molecule has 0 aliphatic carbocycles. The van der Waals surface area contributed by atoms with Gasteiger partial charge in [0.05, 0.1) is 11.0 Å². The highest BCUT2D eigenvalue weighted by Gasteiger charge is 2.10. The molecule has 1 heterocycles. The maximum atomic E-state index is 5.67. The minimum Gasteiger partial charge on any atom is -0.326 e. The first kappa shape index (κ1) is 14.8. The monoisotopic (exact) mass is 293 g/mol. The molecule has 0 saturated heterocycles. The molecular formula is C19H23N3. The second kappa shape index (κ2) is 6.75. The zero-order chi connectivity index (χ0) is 15.4. The van der Waals surface area contributed by atoms with Gasteiger partial charge >= 0.3 is 0 Å². The Bertz CT molecular complexity index is 741. The van der Waals surface area contributed by atoms with Crippen molar-refractivity contribution in [3.8, 4) is 0 Å². The molecule has 22 heavy (non-hydrogen) atoms. The fourth-order valence-corrected chi connectivity index (χ4v) is 2.79. The number of benzene rings is 2. The second-order valence-corrected chi connectivity index (χ2v) is 5.73. The maximum absolute atomic E-state index is 5.67. The van der Waals surface area contributed by atoms with Gasteiger partial charge in [0.2, 0.25) is 0 Å². The Morgan fingerprint density at radius 3 is 2.45 bits per heavy atom. The maximum Gasteiger partial charge on any atom is 0.110 e. The molecule has 3 heteroatoms. The minimum atomic E-state index is 0.593. The van der Waals surface area contributed by atoms with Crippen LogP contribution in [-0.2, 0) is 19.5 Å². The van der Waals surface area contributed by atoms with E-state index in [0.29, 0.717) is 6.54 Å². The molecule has 0 spiro atoms. The van der Waals surface area contributed by atoms with Crippen LogP contribution in [0.2, 0.25) is 0 Å². The number of aryl methyl sites for hydroxylation is 1. The number of rotatable bonds is 6. The third-order valence-electron chi connectivity index (χ3n) is 4.09. The summed E-state index contributed by atoms with van der Waals surface area (Å²) < 4.78 is 2.35. The number of hydrogen-bond donors (Lipinski definition) is 1. The van der Waals surface area contributed by atoms with Crippen LogP contribution < -0.4 is 5.73 Å². The SMILES string of the molecule is CCCCc1nc2ccccc2n1Cc1ccc(CN)cc1. The number of imidazole rings is 1. The van der Waals surface area contributed by atoms with Crippen LogP contribution in [-0.4, -0.2) is 9.55 Å². The third kappa shape index (κ3) is 3.04. The van der Waals surface area contributed by atoms with Crippen LogP contribution in [0.15, 0.2) is 48.5 Å². The molecule has 3 rings (SSSR count). The van der Waals surface area contributed by atoms with E-state index in [1.165, 1.54) is 35.3 Å². The zero-order valence-electron chi connectivity index (χ0n) is 13.1. The van der Waals surface area contributed by atoms with E-state index in [9.17, 15) is 0 Å². The van der Waals surface area contributed by atoms with Gasteiger partial charge in [0.1, 0.15) is 5.82 Å². The van der Waals surface area contributed by atoms with Crippen LogP contribution in [0.25, 0.3) is 11.0 Å². The van der Waals surface area contributed by atoms with Crippen molar-refractivity contribution in [1.29, 1.82) is 0 Å². The Kier molecular flexibility index (Phi) is 4.54. The van der Waals surface area contributed by atoms with Crippen molar-refractivity contribution in [3.05, 3.63) is 65.5 Å². The van der Waals surface area contributed by atoms with Gasteiger partial charge in [0, 0.05) is 19.5 Å². The lowest BCUT2D eigenvalue weighted by atomic mass is 10.1. The van der Waals surface area contributed by atoms with E-state index in [1.54, 1.807) is 0 Å². The molecule has 0 aliphatic heterocycles. The molecule has 0 bridgehead atoms. The molecule has 114 valence electrons. The summed E-state index contributed by atoms with van der Waals surface area (Å²) >= 11 is 0. The summed E-state index contributed by atoms with van der Waals surface area (Å²) in [6.45, 7) is 3.68. The van der Waals surface area contributed by atoms with E-state index in [2.05, 4.69) is 60.0 Å². The van der Waals surface area contributed by atoms with Crippen molar-refractivity contribution in [2.75, 3.05) is 0 Å². The molecule has 0 atom stereocenters. The summed E-state index contributed by atoms with van der Waals surface area (Å²) in [5, 5.41) is 0.